The molecule has 0 unspecified atom stereocenters. The summed E-state index contributed by atoms with van der Waals surface area (Å²) in [6.45, 7) is 4.02. The third-order valence-corrected chi connectivity index (χ3v) is 5.59. The van der Waals surface area contributed by atoms with Gasteiger partial charge >= 0.3 is 0 Å². The summed E-state index contributed by atoms with van der Waals surface area (Å²) in [5.41, 5.74) is 3.72. The van der Waals surface area contributed by atoms with E-state index in [0.717, 1.165) is 15.4 Å². The highest BCUT2D eigenvalue weighted by Crippen LogP contribution is 2.16. The maximum absolute atomic E-state index is 12.2. The number of allylic oxidation sites excluding steroid dienone is 1. The van der Waals surface area contributed by atoms with Crippen LogP contribution in [0.25, 0.3) is 6.08 Å². The van der Waals surface area contributed by atoms with Crippen molar-refractivity contribution >= 4 is 21.9 Å². The molecule has 0 aliphatic carbocycles. The maximum Gasteiger partial charge on any atom is 0.242 e. The Morgan fingerprint density at radius 2 is 1.62 bits per heavy atom. The lowest BCUT2D eigenvalue weighted by molar-refractivity contribution is 0.104. The first-order valence-corrected chi connectivity index (χ1v) is 8.98. The van der Waals surface area contributed by atoms with Crippen LogP contribution in [-0.2, 0) is 10.0 Å². The van der Waals surface area contributed by atoms with Gasteiger partial charge in [0.05, 0.1) is 4.90 Å². The third kappa shape index (κ3) is 3.99. The van der Waals surface area contributed by atoms with E-state index < -0.39 is 10.0 Å². The Balaban J connectivity index is 2.20. The first-order valence-electron chi connectivity index (χ1n) is 7.54. The molecule has 0 spiro atoms. The van der Waals surface area contributed by atoms with Crippen LogP contribution >= 0.6 is 0 Å². The lowest BCUT2D eigenvalue weighted by atomic mass is 10.0. The molecule has 2 aromatic carbocycles. The molecule has 0 fully saturated rings. The van der Waals surface area contributed by atoms with Gasteiger partial charge in [-0.25, -0.2) is 12.7 Å². The fourth-order valence-electron chi connectivity index (χ4n) is 2.28. The summed E-state index contributed by atoms with van der Waals surface area (Å²) < 4.78 is 25.2. The Hall–Kier alpha value is -2.24. The van der Waals surface area contributed by atoms with Crippen molar-refractivity contribution in [3.8, 4) is 0 Å². The number of benzene rings is 2. The van der Waals surface area contributed by atoms with Gasteiger partial charge in [0.1, 0.15) is 0 Å². The second kappa shape index (κ2) is 7.11. The van der Waals surface area contributed by atoms with Gasteiger partial charge in [-0.3, -0.25) is 4.79 Å². The van der Waals surface area contributed by atoms with Gasteiger partial charge in [-0.05, 0) is 55.3 Å². The highest BCUT2D eigenvalue weighted by atomic mass is 32.2. The number of aryl methyl sites for hydroxylation is 2. The van der Waals surface area contributed by atoms with Crippen molar-refractivity contribution in [1.29, 1.82) is 0 Å². The first-order chi connectivity index (χ1) is 11.2. The van der Waals surface area contributed by atoms with Crippen LogP contribution in [0.2, 0.25) is 0 Å². The van der Waals surface area contributed by atoms with Crippen LogP contribution in [-0.4, -0.2) is 32.6 Å². The van der Waals surface area contributed by atoms with E-state index in [-0.39, 0.29) is 10.7 Å². The van der Waals surface area contributed by atoms with Crippen LogP contribution in [0.1, 0.15) is 27.0 Å². The fourth-order valence-corrected chi connectivity index (χ4v) is 3.18. The Bertz CT molecular complexity index is 879. The molecular formula is C19H21NO3S. The predicted molar refractivity (Wildman–Crippen MR) is 96.6 cm³/mol. The van der Waals surface area contributed by atoms with E-state index in [0.29, 0.717) is 5.56 Å². The largest absolute Gasteiger partial charge is 0.289 e. The number of hydrogen-bond acceptors (Lipinski definition) is 3. The molecule has 4 nitrogen and oxygen atoms in total. The number of nitrogens with zero attached hydrogens (tertiary/aromatic N) is 1. The van der Waals surface area contributed by atoms with Gasteiger partial charge in [-0.2, -0.15) is 0 Å². The molecule has 126 valence electrons. The van der Waals surface area contributed by atoms with Gasteiger partial charge < -0.3 is 0 Å². The summed E-state index contributed by atoms with van der Waals surface area (Å²) in [5.74, 6) is -0.163. The van der Waals surface area contributed by atoms with Crippen LogP contribution in [0.5, 0.6) is 0 Å². The topological polar surface area (TPSA) is 54.5 Å². The van der Waals surface area contributed by atoms with Crippen LogP contribution in [0, 0.1) is 13.8 Å². The van der Waals surface area contributed by atoms with Crippen molar-refractivity contribution in [3.05, 3.63) is 70.8 Å². The van der Waals surface area contributed by atoms with Crippen LogP contribution in [0.3, 0.4) is 0 Å². The first kappa shape index (κ1) is 18.1. The van der Waals surface area contributed by atoms with Crippen LogP contribution in [0.15, 0.2) is 53.4 Å². The minimum absolute atomic E-state index is 0.163. The van der Waals surface area contributed by atoms with E-state index in [4.69, 9.17) is 0 Å². The number of carbonyl (C=O) groups is 1. The van der Waals surface area contributed by atoms with Crippen LogP contribution < -0.4 is 0 Å². The summed E-state index contributed by atoms with van der Waals surface area (Å²) in [6.07, 6.45) is 3.29. The van der Waals surface area contributed by atoms with Gasteiger partial charge in [0.2, 0.25) is 10.0 Å². The highest BCUT2D eigenvalue weighted by molar-refractivity contribution is 7.89. The van der Waals surface area contributed by atoms with E-state index >= 15 is 0 Å². The van der Waals surface area contributed by atoms with Gasteiger partial charge in [0, 0.05) is 19.7 Å². The standard InChI is InChI=1S/C19H21NO3S/c1-14-5-6-16(15(2)13-14)9-12-19(21)17-7-10-18(11-8-17)24(22,23)20(3)4/h5-13H,1-4H3/b12-9+. The number of rotatable bonds is 5. The lowest BCUT2D eigenvalue weighted by Gasteiger charge is -2.11. The molecule has 0 saturated carbocycles. The highest BCUT2D eigenvalue weighted by Gasteiger charge is 2.17. The molecule has 0 amide bonds. The zero-order valence-electron chi connectivity index (χ0n) is 14.3. The number of sulfonamides is 1. The van der Waals surface area contributed by atoms with Gasteiger partial charge in [0.15, 0.2) is 5.78 Å². The minimum Gasteiger partial charge on any atom is -0.289 e. The molecule has 0 radical (unpaired) electrons. The van der Waals surface area contributed by atoms with Gasteiger partial charge in [0.25, 0.3) is 0 Å². The number of hydrogen-bond donors (Lipinski definition) is 0. The van der Waals surface area contributed by atoms with E-state index in [1.54, 1.807) is 6.08 Å². The zero-order valence-corrected chi connectivity index (χ0v) is 15.1. The van der Waals surface area contributed by atoms with E-state index in [9.17, 15) is 13.2 Å². The summed E-state index contributed by atoms with van der Waals surface area (Å²) in [6, 6.07) is 12.0. The van der Waals surface area contributed by atoms with Crippen molar-refractivity contribution in [2.45, 2.75) is 18.7 Å². The third-order valence-electron chi connectivity index (χ3n) is 3.76. The summed E-state index contributed by atoms with van der Waals surface area (Å²) >= 11 is 0. The summed E-state index contributed by atoms with van der Waals surface area (Å²) in [5, 5.41) is 0. The molecule has 5 heteroatoms. The number of carbonyl (C=O) groups excluding carboxylic acids is 1. The Morgan fingerprint density at radius 1 is 1.00 bits per heavy atom. The molecule has 0 N–H and O–H groups in total. The fraction of sp³-hybridized carbons (Fsp3) is 0.211. The lowest BCUT2D eigenvalue weighted by Crippen LogP contribution is -2.22. The monoisotopic (exact) mass is 343 g/mol. The van der Waals surface area contributed by atoms with E-state index in [2.05, 4.69) is 6.07 Å². The molecule has 0 aliphatic heterocycles. The summed E-state index contributed by atoms with van der Waals surface area (Å²) in [4.78, 5) is 12.4. The smallest absolute Gasteiger partial charge is 0.242 e. The maximum atomic E-state index is 12.2. The van der Waals surface area contributed by atoms with Crippen molar-refractivity contribution in [3.63, 3.8) is 0 Å². The Kier molecular flexibility index (Phi) is 5.36. The summed E-state index contributed by atoms with van der Waals surface area (Å²) in [7, 11) is -0.534. The van der Waals surface area contributed by atoms with Crippen molar-refractivity contribution in [2.24, 2.45) is 0 Å². The van der Waals surface area contributed by atoms with Crippen molar-refractivity contribution < 1.29 is 13.2 Å². The Morgan fingerprint density at radius 3 is 2.17 bits per heavy atom. The molecule has 0 aromatic heterocycles. The second-order valence-electron chi connectivity index (χ2n) is 5.87. The molecule has 0 aliphatic rings. The molecule has 24 heavy (non-hydrogen) atoms. The second-order valence-corrected chi connectivity index (χ2v) is 8.02. The average Bonchev–Trinajstić information content (AvgIpc) is 2.53. The van der Waals surface area contributed by atoms with Crippen LogP contribution in [0.4, 0.5) is 0 Å². The minimum atomic E-state index is -3.48. The SMILES string of the molecule is Cc1ccc(/C=C/C(=O)c2ccc(S(=O)(=O)N(C)C)cc2)c(C)c1. The molecule has 0 atom stereocenters. The molecule has 0 heterocycles. The van der Waals surface area contributed by atoms with Gasteiger partial charge in [-0.15, -0.1) is 0 Å². The van der Waals surface area contributed by atoms with Crippen molar-refractivity contribution in [2.75, 3.05) is 14.1 Å². The molecule has 0 bridgehead atoms. The molecule has 0 saturated heterocycles. The average molecular weight is 343 g/mol. The molecule has 2 rings (SSSR count). The molecule has 2 aromatic rings. The molecular weight excluding hydrogens is 322 g/mol. The quantitative estimate of drug-likeness (QED) is 0.617. The normalized spacial score (nSPS) is 12.0. The zero-order chi connectivity index (χ0) is 17.9. The predicted octanol–water partition coefficient (Wildman–Crippen LogP) is 3.45. The Labute approximate surface area is 143 Å². The van der Waals surface area contributed by atoms with Crippen molar-refractivity contribution in [1.82, 2.24) is 4.31 Å². The van der Waals surface area contributed by atoms with E-state index in [1.165, 1.54) is 50.0 Å². The van der Waals surface area contributed by atoms with Gasteiger partial charge in [-0.1, -0.05) is 29.8 Å². The number of ketones is 1. The van der Waals surface area contributed by atoms with E-state index in [1.807, 2.05) is 26.0 Å².